The number of anilines is 2. The van der Waals surface area contributed by atoms with E-state index in [9.17, 15) is 29.8 Å². The van der Waals surface area contributed by atoms with Crippen LogP contribution in [0.15, 0.2) is 68.7 Å². The van der Waals surface area contributed by atoms with Crippen molar-refractivity contribution in [3.8, 4) is 23.5 Å². The summed E-state index contributed by atoms with van der Waals surface area (Å²) < 4.78 is 24.0. The molecule has 0 aliphatic carbocycles. The summed E-state index contributed by atoms with van der Waals surface area (Å²) in [6.45, 7) is 0. The summed E-state index contributed by atoms with van der Waals surface area (Å²) in [5.41, 5.74) is 10.2. The van der Waals surface area contributed by atoms with Gasteiger partial charge in [0.15, 0.2) is 11.8 Å². The van der Waals surface area contributed by atoms with Gasteiger partial charge >= 0.3 is 11.2 Å². The smallest absolute Gasteiger partial charge is 0.334 e. The summed E-state index contributed by atoms with van der Waals surface area (Å²) in [7, 11) is 5.82. The molecule has 0 bridgehead atoms. The SMILES string of the molecule is COc1ccc(N)c(=O)[nH]1.COc1ccc([N+](=O)[O-])c(=O)[nH]1.COc1ccc([N+](=O)[O-])cn1.COc1ccc2nc(N)oc2n1.[HH]. The van der Waals surface area contributed by atoms with Crippen LogP contribution in [0.2, 0.25) is 0 Å². The van der Waals surface area contributed by atoms with E-state index < -0.39 is 21.1 Å². The second kappa shape index (κ2) is 16.6. The molecule has 5 heterocycles. The lowest BCUT2D eigenvalue weighted by molar-refractivity contribution is -0.386. The van der Waals surface area contributed by atoms with Crippen LogP contribution in [0.25, 0.3) is 11.2 Å². The van der Waals surface area contributed by atoms with Crippen molar-refractivity contribution >= 4 is 34.3 Å². The maximum atomic E-state index is 10.9. The number of hydrogen-bond donors (Lipinski definition) is 4. The van der Waals surface area contributed by atoms with Gasteiger partial charge in [-0.3, -0.25) is 39.8 Å². The number of rotatable bonds is 6. The fourth-order valence-electron chi connectivity index (χ4n) is 2.83. The van der Waals surface area contributed by atoms with Crippen molar-refractivity contribution in [3.63, 3.8) is 0 Å². The number of aromatic nitrogens is 5. The maximum absolute atomic E-state index is 10.9. The zero-order chi connectivity index (χ0) is 33.5. The summed E-state index contributed by atoms with van der Waals surface area (Å²) in [5.74, 6) is 1.47. The first kappa shape index (κ1) is 34.5. The summed E-state index contributed by atoms with van der Waals surface area (Å²) in [6.07, 6.45) is 1.15. The molecule has 0 spiro atoms. The Kier molecular flexibility index (Phi) is 12.8. The lowest BCUT2D eigenvalue weighted by Crippen LogP contribution is -2.11. The molecule has 5 rings (SSSR count). The average molecular weight is 632 g/mol. The van der Waals surface area contributed by atoms with Crippen molar-refractivity contribution in [2.45, 2.75) is 0 Å². The predicted molar refractivity (Wildman–Crippen MR) is 161 cm³/mol. The van der Waals surface area contributed by atoms with Crippen molar-refractivity contribution in [1.82, 2.24) is 24.9 Å². The van der Waals surface area contributed by atoms with Gasteiger partial charge in [-0.05, 0) is 12.1 Å². The van der Waals surface area contributed by atoms with Gasteiger partial charge in [0.1, 0.15) is 11.7 Å². The molecule has 0 aromatic carbocycles. The fourth-order valence-corrected chi connectivity index (χ4v) is 2.83. The monoisotopic (exact) mass is 631 g/mol. The van der Waals surface area contributed by atoms with E-state index in [1.165, 1.54) is 52.7 Å². The van der Waals surface area contributed by atoms with Gasteiger partial charge in [0.05, 0.1) is 44.0 Å². The van der Waals surface area contributed by atoms with Gasteiger partial charge in [-0.1, -0.05) is 0 Å². The van der Waals surface area contributed by atoms with Crippen LogP contribution in [0.3, 0.4) is 0 Å². The van der Waals surface area contributed by atoms with E-state index in [1.807, 2.05) is 0 Å². The zero-order valence-corrected chi connectivity index (χ0v) is 24.1. The molecule has 0 aliphatic heterocycles. The van der Waals surface area contributed by atoms with E-state index in [4.69, 9.17) is 30.1 Å². The minimum absolute atomic E-state index is 0. The maximum Gasteiger partial charge on any atom is 0.334 e. The standard InChI is InChI=1S/C7H7N3O2.C6H6N2O4.C6H6N2O3.C6H8N2O2.H2/c1-11-5-3-2-4-6(10-5)12-7(8)9-4;1-12-5-3-2-4(8(10)11)6(9)7-5;1-11-6-3-2-5(4-7-6)8(9)10;1-10-5-3-2-4(7)6(9)8-5;/h2-3H,1H3,(H2,8,9);2-3H,1H3,(H,7,9);2-4H,1H3;2-3H,7H2,1H3,(H,8,9);1H. The number of nitrogens with one attached hydrogen (secondary N) is 2. The highest BCUT2D eigenvalue weighted by Crippen LogP contribution is 2.17. The van der Waals surface area contributed by atoms with Gasteiger partial charge in [-0.25, -0.2) is 4.98 Å². The van der Waals surface area contributed by atoms with Crippen LogP contribution < -0.4 is 41.5 Å². The Balaban J connectivity index is 0.000000305. The van der Waals surface area contributed by atoms with Gasteiger partial charge in [0, 0.05) is 37.8 Å². The Morgan fingerprint density at radius 3 is 1.84 bits per heavy atom. The molecular formula is C25H29N9O11. The Bertz CT molecular complexity index is 1840. The molecule has 5 aromatic heterocycles. The molecule has 20 nitrogen and oxygen atoms in total. The van der Waals surface area contributed by atoms with Crippen molar-refractivity contribution in [2.75, 3.05) is 39.9 Å². The van der Waals surface area contributed by atoms with E-state index in [2.05, 4.69) is 29.7 Å². The number of fused-ring (bicyclic) bond motifs is 1. The van der Waals surface area contributed by atoms with E-state index in [0.717, 1.165) is 12.3 Å². The van der Waals surface area contributed by atoms with Crippen LogP contribution in [0.1, 0.15) is 1.43 Å². The second-order valence-corrected chi connectivity index (χ2v) is 7.86. The molecule has 0 saturated carbocycles. The molecule has 0 unspecified atom stereocenters. The molecule has 0 amide bonds. The molecule has 6 N–H and O–H groups in total. The first-order valence-corrected chi connectivity index (χ1v) is 12.1. The molecule has 0 aliphatic rings. The normalized spacial score (nSPS) is 9.60. The van der Waals surface area contributed by atoms with Gasteiger partial charge in [0.25, 0.3) is 23.0 Å². The number of nitrogens with two attached hydrogens (primary N) is 2. The number of nitro groups is 2. The van der Waals surface area contributed by atoms with Crippen LogP contribution in [0.4, 0.5) is 23.1 Å². The minimum Gasteiger partial charge on any atom is -0.482 e. The van der Waals surface area contributed by atoms with E-state index >= 15 is 0 Å². The molecule has 0 atom stereocenters. The molecule has 45 heavy (non-hydrogen) atoms. The van der Waals surface area contributed by atoms with Crippen molar-refractivity contribution in [2.24, 2.45) is 0 Å². The summed E-state index contributed by atoms with van der Waals surface area (Å²) in [5, 5.41) is 20.3. The number of methoxy groups -OCH3 is 4. The highest BCUT2D eigenvalue weighted by molar-refractivity contribution is 5.70. The third-order valence-corrected chi connectivity index (χ3v) is 5.01. The molecular weight excluding hydrogens is 602 g/mol. The number of nitrogen functional groups attached to an aromatic ring is 2. The first-order chi connectivity index (χ1) is 21.4. The lowest BCUT2D eigenvalue weighted by atomic mass is 10.4. The highest BCUT2D eigenvalue weighted by atomic mass is 16.6. The van der Waals surface area contributed by atoms with Crippen LogP contribution in [-0.2, 0) is 0 Å². The third kappa shape index (κ3) is 10.6. The fraction of sp³-hybridized carbons (Fsp3) is 0.160. The van der Waals surface area contributed by atoms with Crippen LogP contribution >= 0.6 is 0 Å². The molecule has 0 fully saturated rings. The summed E-state index contributed by atoms with van der Waals surface area (Å²) >= 11 is 0. The van der Waals surface area contributed by atoms with Gasteiger partial charge in [-0.15, -0.1) is 0 Å². The quantitative estimate of drug-likeness (QED) is 0.154. The number of oxazole rings is 1. The number of hydrogen-bond acceptors (Lipinski definition) is 16. The summed E-state index contributed by atoms with van der Waals surface area (Å²) in [4.78, 5) is 56.8. The number of pyridine rings is 4. The lowest BCUT2D eigenvalue weighted by Gasteiger charge is -1.97. The number of nitrogens with zero attached hydrogens (tertiary/aromatic N) is 5. The van der Waals surface area contributed by atoms with Crippen LogP contribution in [-0.4, -0.2) is 63.2 Å². The molecule has 0 radical (unpaired) electrons. The number of aromatic amines is 2. The minimum atomic E-state index is -0.764. The van der Waals surface area contributed by atoms with Gasteiger partial charge in [-0.2, -0.15) is 9.97 Å². The first-order valence-electron chi connectivity index (χ1n) is 12.1. The van der Waals surface area contributed by atoms with Crippen molar-refractivity contribution in [1.29, 1.82) is 0 Å². The highest BCUT2D eigenvalue weighted by Gasteiger charge is 2.11. The molecule has 5 aromatic rings. The molecule has 0 saturated heterocycles. The Hall–Kier alpha value is -6.73. The zero-order valence-electron chi connectivity index (χ0n) is 24.1. The van der Waals surface area contributed by atoms with Gasteiger partial charge in [0.2, 0.25) is 11.8 Å². The Labute approximate surface area is 253 Å². The molecule has 240 valence electrons. The van der Waals surface area contributed by atoms with Crippen molar-refractivity contribution in [3.05, 3.63) is 95.7 Å². The van der Waals surface area contributed by atoms with Crippen LogP contribution in [0.5, 0.6) is 23.5 Å². The van der Waals surface area contributed by atoms with Crippen LogP contribution in [0, 0.1) is 20.2 Å². The predicted octanol–water partition coefficient (Wildman–Crippen LogP) is 2.32. The Morgan fingerprint density at radius 1 is 0.756 bits per heavy atom. The average Bonchev–Trinajstić information content (AvgIpc) is 3.42. The third-order valence-electron chi connectivity index (χ3n) is 5.01. The van der Waals surface area contributed by atoms with E-state index in [1.54, 1.807) is 18.2 Å². The van der Waals surface area contributed by atoms with E-state index in [-0.39, 0.29) is 30.3 Å². The largest absolute Gasteiger partial charge is 0.482 e. The second-order valence-electron chi connectivity index (χ2n) is 7.86. The topological polar surface area (TPSA) is 293 Å². The number of ether oxygens (including phenoxy) is 4. The Morgan fingerprint density at radius 2 is 1.36 bits per heavy atom. The summed E-state index contributed by atoms with van der Waals surface area (Å²) in [6, 6.07) is 11.8. The van der Waals surface area contributed by atoms with Crippen molar-refractivity contribution < 1.29 is 34.6 Å². The number of H-pyrrole nitrogens is 2. The van der Waals surface area contributed by atoms with Gasteiger partial charge < -0.3 is 34.8 Å². The van der Waals surface area contributed by atoms with E-state index in [0.29, 0.717) is 28.9 Å². The molecule has 20 heteroatoms.